The van der Waals surface area contributed by atoms with Crippen LogP contribution < -0.4 is 14.8 Å². The number of nitrogens with zero attached hydrogens (tertiary/aromatic N) is 3. The van der Waals surface area contributed by atoms with E-state index in [2.05, 4.69) is 10.3 Å². The minimum atomic E-state index is -2.95. The molecule has 0 spiro atoms. The van der Waals surface area contributed by atoms with Crippen molar-refractivity contribution in [2.45, 2.75) is 38.8 Å². The summed E-state index contributed by atoms with van der Waals surface area (Å²) < 4.78 is 38.6. The summed E-state index contributed by atoms with van der Waals surface area (Å²) in [6.07, 6.45) is 8.10. The van der Waals surface area contributed by atoms with Crippen LogP contribution >= 0.6 is 0 Å². The Morgan fingerprint density at radius 2 is 1.89 bits per heavy atom. The number of halogens is 2. The number of amides is 1. The molecular weight excluding hydrogens is 490 g/mol. The molecule has 7 nitrogen and oxygen atoms in total. The predicted octanol–water partition coefficient (Wildman–Crippen LogP) is 6.13. The summed E-state index contributed by atoms with van der Waals surface area (Å²) in [5.41, 5.74) is 4.16. The van der Waals surface area contributed by atoms with E-state index >= 15 is 0 Å². The van der Waals surface area contributed by atoms with E-state index in [4.69, 9.17) is 14.6 Å². The molecule has 2 aromatic heterocycles. The van der Waals surface area contributed by atoms with Gasteiger partial charge in [0, 0.05) is 36.8 Å². The summed E-state index contributed by atoms with van der Waals surface area (Å²) in [5.74, 6) is 0.615. The summed E-state index contributed by atoms with van der Waals surface area (Å²) >= 11 is 0. The predicted molar refractivity (Wildman–Crippen MR) is 139 cm³/mol. The number of pyridine rings is 1. The Labute approximate surface area is 219 Å². The molecule has 1 saturated carbocycles. The molecule has 1 amide bonds. The molecule has 38 heavy (non-hydrogen) atoms. The fourth-order valence-electron chi connectivity index (χ4n) is 4.26. The third kappa shape index (κ3) is 6.53. The lowest BCUT2D eigenvalue weighted by atomic mass is 9.99. The second kappa shape index (κ2) is 11.4. The number of hydrogen-bond acceptors (Lipinski definition) is 5. The van der Waals surface area contributed by atoms with E-state index in [1.165, 1.54) is 13.0 Å². The highest BCUT2D eigenvalue weighted by atomic mass is 19.3. The van der Waals surface area contributed by atoms with Gasteiger partial charge >= 0.3 is 6.61 Å². The highest BCUT2D eigenvalue weighted by Crippen LogP contribution is 2.37. The quantitative estimate of drug-likeness (QED) is 0.259. The molecule has 1 N–H and O–H groups in total. The van der Waals surface area contributed by atoms with Crippen LogP contribution in [0.15, 0.2) is 79.3 Å². The van der Waals surface area contributed by atoms with Crippen molar-refractivity contribution in [1.82, 2.24) is 14.8 Å². The van der Waals surface area contributed by atoms with Crippen LogP contribution in [0.4, 0.5) is 14.5 Å². The molecule has 1 aliphatic rings. The van der Waals surface area contributed by atoms with E-state index in [1.54, 1.807) is 24.5 Å². The molecule has 9 heteroatoms. The van der Waals surface area contributed by atoms with Crippen LogP contribution in [0.5, 0.6) is 11.5 Å². The van der Waals surface area contributed by atoms with Crippen molar-refractivity contribution in [2.24, 2.45) is 5.92 Å². The Balaban J connectivity index is 1.49. The lowest BCUT2D eigenvalue weighted by Crippen LogP contribution is -2.15. The van der Waals surface area contributed by atoms with E-state index < -0.39 is 6.61 Å². The Morgan fingerprint density at radius 1 is 1.08 bits per heavy atom. The van der Waals surface area contributed by atoms with E-state index in [1.807, 2.05) is 53.3 Å². The molecule has 1 unspecified atom stereocenters. The van der Waals surface area contributed by atoms with Gasteiger partial charge in [-0.3, -0.25) is 14.5 Å². The van der Waals surface area contributed by atoms with Gasteiger partial charge in [-0.2, -0.15) is 13.9 Å². The van der Waals surface area contributed by atoms with Gasteiger partial charge in [0.05, 0.1) is 18.3 Å². The zero-order valence-electron chi connectivity index (χ0n) is 20.9. The van der Waals surface area contributed by atoms with E-state index in [0.717, 1.165) is 35.2 Å². The summed E-state index contributed by atoms with van der Waals surface area (Å²) in [7, 11) is 0. The van der Waals surface area contributed by atoms with Gasteiger partial charge in [0.1, 0.15) is 0 Å². The van der Waals surface area contributed by atoms with Gasteiger partial charge in [-0.1, -0.05) is 18.2 Å². The first-order valence-corrected chi connectivity index (χ1v) is 12.5. The Hall–Kier alpha value is -4.27. The first kappa shape index (κ1) is 25.4. The number of nitrogens with one attached hydrogen (secondary N) is 1. The SMILES string of the molecule is CC(=O)Nc1cccc(-c2ccn(C(Cc3ccncc3)c3ccc(OC(F)F)c(OCC4CC4)c3)n2)c1. The Bertz CT molecular complexity index is 1390. The van der Waals surface area contributed by atoms with Gasteiger partial charge in [-0.05, 0) is 78.8 Å². The van der Waals surface area contributed by atoms with Crippen molar-refractivity contribution >= 4 is 11.6 Å². The van der Waals surface area contributed by atoms with Crippen LogP contribution in [0.2, 0.25) is 0 Å². The number of ether oxygens (including phenoxy) is 2. The molecule has 4 aromatic rings. The average Bonchev–Trinajstić information content (AvgIpc) is 3.60. The first-order chi connectivity index (χ1) is 18.4. The fraction of sp³-hybridized carbons (Fsp3) is 0.276. The van der Waals surface area contributed by atoms with Crippen molar-refractivity contribution < 1.29 is 23.0 Å². The molecular formula is C29H28F2N4O3. The number of aromatic nitrogens is 3. The molecule has 2 heterocycles. The highest BCUT2D eigenvalue weighted by molar-refractivity contribution is 5.89. The molecule has 0 aliphatic heterocycles. The summed E-state index contributed by atoms with van der Waals surface area (Å²) in [5, 5.41) is 7.65. The van der Waals surface area contributed by atoms with Crippen LogP contribution in [-0.4, -0.2) is 33.9 Å². The van der Waals surface area contributed by atoms with Crippen LogP contribution in [0, 0.1) is 5.92 Å². The van der Waals surface area contributed by atoms with Gasteiger partial charge in [0.2, 0.25) is 5.91 Å². The molecule has 1 atom stereocenters. The monoisotopic (exact) mass is 518 g/mol. The highest BCUT2D eigenvalue weighted by Gasteiger charge is 2.24. The second-order valence-corrected chi connectivity index (χ2v) is 9.36. The standard InChI is InChI=1S/C29H28F2N4O3/c1-19(36)33-24-4-2-3-22(16-24)25-11-14-35(34-25)26(15-20-9-12-32-13-10-20)23-7-8-27(38-29(30)31)28(17-23)37-18-21-5-6-21/h2-4,7-14,16-17,21,26,29H,5-6,15,18H2,1H3,(H,33,36). The number of benzene rings is 2. The van der Waals surface area contributed by atoms with Crippen LogP contribution in [0.1, 0.15) is 36.9 Å². The molecule has 0 saturated heterocycles. The van der Waals surface area contributed by atoms with Crippen molar-refractivity contribution in [3.63, 3.8) is 0 Å². The number of carbonyl (C=O) groups is 1. The van der Waals surface area contributed by atoms with Gasteiger partial charge in [-0.15, -0.1) is 0 Å². The number of carbonyl (C=O) groups excluding carboxylic acids is 1. The van der Waals surface area contributed by atoms with Crippen molar-refractivity contribution in [2.75, 3.05) is 11.9 Å². The Morgan fingerprint density at radius 3 is 2.63 bits per heavy atom. The molecule has 2 aromatic carbocycles. The fourth-order valence-corrected chi connectivity index (χ4v) is 4.26. The maximum atomic E-state index is 13.1. The third-order valence-corrected chi connectivity index (χ3v) is 6.32. The third-order valence-electron chi connectivity index (χ3n) is 6.32. The topological polar surface area (TPSA) is 78.3 Å². The second-order valence-electron chi connectivity index (χ2n) is 9.36. The number of rotatable bonds is 11. The minimum absolute atomic E-state index is 0.0167. The zero-order chi connectivity index (χ0) is 26.5. The van der Waals surface area contributed by atoms with Crippen LogP contribution in [0.3, 0.4) is 0 Å². The van der Waals surface area contributed by atoms with E-state index in [0.29, 0.717) is 30.4 Å². The van der Waals surface area contributed by atoms with Crippen LogP contribution in [-0.2, 0) is 11.2 Å². The molecule has 5 rings (SSSR count). The zero-order valence-corrected chi connectivity index (χ0v) is 20.9. The van der Waals surface area contributed by atoms with Crippen molar-refractivity contribution in [1.29, 1.82) is 0 Å². The number of alkyl halides is 2. The van der Waals surface area contributed by atoms with Gasteiger partial charge in [-0.25, -0.2) is 0 Å². The van der Waals surface area contributed by atoms with Crippen molar-refractivity contribution in [3.05, 3.63) is 90.4 Å². The largest absolute Gasteiger partial charge is 0.489 e. The van der Waals surface area contributed by atoms with E-state index in [-0.39, 0.29) is 17.7 Å². The average molecular weight is 519 g/mol. The van der Waals surface area contributed by atoms with Gasteiger partial charge in [0.25, 0.3) is 0 Å². The smallest absolute Gasteiger partial charge is 0.387 e. The summed E-state index contributed by atoms with van der Waals surface area (Å²) in [6, 6.07) is 18.1. The normalized spacial score (nSPS) is 13.8. The maximum absolute atomic E-state index is 13.1. The number of anilines is 1. The molecule has 196 valence electrons. The van der Waals surface area contributed by atoms with Gasteiger partial charge in [0.15, 0.2) is 11.5 Å². The van der Waals surface area contributed by atoms with Crippen LogP contribution in [0.25, 0.3) is 11.3 Å². The minimum Gasteiger partial charge on any atom is -0.489 e. The molecule has 0 radical (unpaired) electrons. The molecule has 0 bridgehead atoms. The first-order valence-electron chi connectivity index (χ1n) is 12.5. The number of hydrogen-bond donors (Lipinski definition) is 1. The summed E-state index contributed by atoms with van der Waals surface area (Å²) in [4.78, 5) is 15.6. The lowest BCUT2D eigenvalue weighted by molar-refractivity contribution is -0.114. The van der Waals surface area contributed by atoms with E-state index in [9.17, 15) is 13.6 Å². The van der Waals surface area contributed by atoms with Crippen molar-refractivity contribution in [3.8, 4) is 22.8 Å². The Kier molecular flexibility index (Phi) is 7.62. The molecule has 1 aliphatic carbocycles. The van der Waals surface area contributed by atoms with Gasteiger partial charge < -0.3 is 14.8 Å². The molecule has 1 fully saturated rings. The summed E-state index contributed by atoms with van der Waals surface area (Å²) in [6.45, 7) is -1.02. The lowest BCUT2D eigenvalue weighted by Gasteiger charge is -2.21. The maximum Gasteiger partial charge on any atom is 0.387 e.